The SMILES string of the molecule is CCC(=O)Nc1cccc(C(=O)NC2CCN(Cc3ccc(-c4nc5cc[nH]c(=O)c5cc4-c4ccccc4)cc3)CC2)c1. The maximum Gasteiger partial charge on any atom is 0.257 e. The lowest BCUT2D eigenvalue weighted by atomic mass is 9.97. The second-order valence-electron chi connectivity index (χ2n) is 11.2. The molecule has 1 saturated heterocycles. The average molecular weight is 586 g/mol. The Morgan fingerprint density at radius 3 is 2.43 bits per heavy atom. The van der Waals surface area contributed by atoms with Crippen LogP contribution in [0.5, 0.6) is 0 Å². The first-order valence-electron chi connectivity index (χ1n) is 15.1. The number of aromatic nitrogens is 2. The maximum absolute atomic E-state index is 12.9. The zero-order valence-corrected chi connectivity index (χ0v) is 24.7. The molecule has 44 heavy (non-hydrogen) atoms. The maximum atomic E-state index is 12.9. The Balaban J connectivity index is 1.10. The van der Waals surface area contributed by atoms with Crippen LogP contribution in [0.15, 0.2) is 102 Å². The number of carbonyl (C=O) groups is 2. The predicted octanol–water partition coefficient (Wildman–Crippen LogP) is 6.00. The largest absolute Gasteiger partial charge is 0.349 e. The lowest BCUT2D eigenvalue weighted by Gasteiger charge is -2.32. The first-order valence-corrected chi connectivity index (χ1v) is 15.1. The molecule has 0 spiro atoms. The van der Waals surface area contributed by atoms with Gasteiger partial charge in [-0.05, 0) is 54.3 Å². The van der Waals surface area contributed by atoms with Crippen molar-refractivity contribution in [1.82, 2.24) is 20.2 Å². The van der Waals surface area contributed by atoms with Crippen molar-refractivity contribution >= 4 is 28.4 Å². The van der Waals surface area contributed by atoms with Crippen LogP contribution in [0.1, 0.15) is 42.1 Å². The van der Waals surface area contributed by atoms with Gasteiger partial charge < -0.3 is 15.6 Å². The Morgan fingerprint density at radius 1 is 0.909 bits per heavy atom. The van der Waals surface area contributed by atoms with Gasteiger partial charge in [0.2, 0.25) is 5.91 Å². The number of likely N-dealkylation sites (tertiary alicyclic amines) is 1. The third-order valence-electron chi connectivity index (χ3n) is 8.12. The molecule has 3 N–H and O–H groups in total. The minimum Gasteiger partial charge on any atom is -0.349 e. The topological polar surface area (TPSA) is 107 Å². The number of nitrogens with one attached hydrogen (secondary N) is 3. The number of rotatable bonds is 8. The molecule has 5 aromatic rings. The van der Waals surface area contributed by atoms with Crippen molar-refractivity contribution in [2.45, 2.75) is 38.8 Å². The number of nitrogens with zero attached hydrogens (tertiary/aromatic N) is 2. The highest BCUT2D eigenvalue weighted by molar-refractivity contribution is 5.97. The van der Waals surface area contributed by atoms with Gasteiger partial charge in [0.25, 0.3) is 11.5 Å². The van der Waals surface area contributed by atoms with E-state index >= 15 is 0 Å². The highest BCUT2D eigenvalue weighted by Gasteiger charge is 2.22. The molecule has 0 unspecified atom stereocenters. The molecule has 1 aliphatic rings. The molecule has 0 radical (unpaired) electrons. The molecule has 1 aliphatic heterocycles. The summed E-state index contributed by atoms with van der Waals surface area (Å²) in [6.45, 7) is 4.40. The summed E-state index contributed by atoms with van der Waals surface area (Å²) in [4.78, 5) is 47.2. The molecule has 0 aliphatic carbocycles. The minimum atomic E-state index is -0.149. The third-order valence-corrected chi connectivity index (χ3v) is 8.12. The number of carbonyl (C=O) groups excluding carboxylic acids is 2. The first-order chi connectivity index (χ1) is 21.5. The predicted molar refractivity (Wildman–Crippen MR) is 174 cm³/mol. The number of anilines is 1. The molecule has 0 bridgehead atoms. The Bertz CT molecular complexity index is 1840. The Labute approximate surface area is 256 Å². The quantitative estimate of drug-likeness (QED) is 0.207. The Morgan fingerprint density at radius 2 is 1.68 bits per heavy atom. The van der Waals surface area contributed by atoms with Crippen molar-refractivity contribution in [2.75, 3.05) is 18.4 Å². The standard InChI is InChI=1S/C36H35N5O3/c1-2-33(42)38-29-10-6-9-27(21-29)35(43)39-28-16-19-41(20-17-28)23-24-11-13-26(14-12-24)34-30(25-7-4-3-5-8-25)22-31-32(40-34)15-18-37-36(31)44/h3-15,18,21-22,28H,2,16-17,19-20,23H2,1H3,(H,37,44)(H,38,42)(H,39,43). The molecular formula is C36H35N5O3. The minimum absolute atomic E-state index is 0.0790. The summed E-state index contributed by atoms with van der Waals surface area (Å²) in [6.07, 6.45) is 3.76. The van der Waals surface area contributed by atoms with Gasteiger partial charge in [0.1, 0.15) is 0 Å². The summed E-state index contributed by atoms with van der Waals surface area (Å²) < 4.78 is 0. The van der Waals surface area contributed by atoms with E-state index in [0.717, 1.165) is 54.9 Å². The number of piperidine rings is 1. The van der Waals surface area contributed by atoms with Crippen molar-refractivity contribution in [3.63, 3.8) is 0 Å². The van der Waals surface area contributed by atoms with E-state index in [0.29, 0.717) is 28.6 Å². The van der Waals surface area contributed by atoms with Crippen molar-refractivity contribution < 1.29 is 9.59 Å². The zero-order valence-electron chi connectivity index (χ0n) is 24.7. The van der Waals surface area contributed by atoms with Gasteiger partial charge >= 0.3 is 0 Å². The van der Waals surface area contributed by atoms with Gasteiger partial charge in [-0.1, -0.05) is 67.6 Å². The number of pyridine rings is 2. The van der Waals surface area contributed by atoms with Crippen LogP contribution in [0, 0.1) is 0 Å². The third kappa shape index (κ3) is 6.61. The van der Waals surface area contributed by atoms with Gasteiger partial charge in [0, 0.05) is 60.7 Å². The first kappa shape index (κ1) is 29.0. The van der Waals surface area contributed by atoms with Crippen molar-refractivity contribution in [3.8, 4) is 22.4 Å². The number of hydrogen-bond acceptors (Lipinski definition) is 5. The molecular weight excluding hydrogens is 550 g/mol. The van der Waals surface area contributed by atoms with Crippen molar-refractivity contribution in [1.29, 1.82) is 0 Å². The zero-order chi connectivity index (χ0) is 30.5. The molecule has 3 aromatic carbocycles. The molecule has 8 nitrogen and oxygen atoms in total. The fraction of sp³-hybridized carbons (Fsp3) is 0.222. The van der Waals surface area contributed by atoms with Gasteiger partial charge in [-0.3, -0.25) is 19.3 Å². The van der Waals surface area contributed by atoms with Gasteiger partial charge in [0.05, 0.1) is 16.6 Å². The summed E-state index contributed by atoms with van der Waals surface area (Å²) in [5.41, 5.74) is 6.67. The molecule has 0 atom stereocenters. The van der Waals surface area contributed by atoms with Crippen molar-refractivity contribution in [2.24, 2.45) is 0 Å². The smallest absolute Gasteiger partial charge is 0.257 e. The normalized spacial score (nSPS) is 13.9. The van der Waals surface area contributed by atoms with E-state index in [1.165, 1.54) is 5.56 Å². The molecule has 2 amide bonds. The van der Waals surface area contributed by atoms with E-state index in [2.05, 4.69) is 44.8 Å². The van der Waals surface area contributed by atoms with Crippen LogP contribution < -0.4 is 16.2 Å². The molecule has 6 rings (SSSR count). The number of H-pyrrole nitrogens is 1. The summed E-state index contributed by atoms with van der Waals surface area (Å²) in [6, 6.07) is 29.5. The van der Waals surface area contributed by atoms with Gasteiger partial charge in [-0.15, -0.1) is 0 Å². The summed E-state index contributed by atoms with van der Waals surface area (Å²) in [5.74, 6) is -0.196. The van der Waals surface area contributed by atoms with Crippen LogP contribution in [0.4, 0.5) is 5.69 Å². The second-order valence-corrected chi connectivity index (χ2v) is 11.2. The number of amides is 2. The van der Waals surface area contributed by atoms with Crippen LogP contribution in [0.2, 0.25) is 0 Å². The lowest BCUT2D eigenvalue weighted by molar-refractivity contribution is -0.115. The van der Waals surface area contributed by atoms with E-state index in [1.54, 1.807) is 37.4 Å². The highest BCUT2D eigenvalue weighted by Crippen LogP contribution is 2.33. The molecule has 0 saturated carbocycles. The van der Waals surface area contributed by atoms with Crippen LogP contribution >= 0.6 is 0 Å². The number of aromatic amines is 1. The summed E-state index contributed by atoms with van der Waals surface area (Å²) in [5, 5.41) is 6.55. The van der Waals surface area contributed by atoms with E-state index in [4.69, 9.17) is 4.98 Å². The summed E-state index contributed by atoms with van der Waals surface area (Å²) in [7, 11) is 0. The van der Waals surface area contributed by atoms with Gasteiger partial charge in [-0.2, -0.15) is 0 Å². The number of fused-ring (bicyclic) bond motifs is 1. The van der Waals surface area contributed by atoms with Crippen LogP contribution in [-0.2, 0) is 11.3 Å². The fourth-order valence-electron chi connectivity index (χ4n) is 5.69. The molecule has 1 fully saturated rings. The van der Waals surface area contributed by atoms with E-state index in [1.807, 2.05) is 42.5 Å². The van der Waals surface area contributed by atoms with Gasteiger partial charge in [-0.25, -0.2) is 4.98 Å². The van der Waals surface area contributed by atoms with Crippen molar-refractivity contribution in [3.05, 3.63) is 119 Å². The molecule has 3 heterocycles. The van der Waals surface area contributed by atoms with Gasteiger partial charge in [0.15, 0.2) is 0 Å². The molecule has 8 heteroatoms. The second kappa shape index (κ2) is 13.1. The molecule has 2 aromatic heterocycles. The number of hydrogen-bond donors (Lipinski definition) is 3. The van der Waals surface area contributed by atoms with E-state index in [-0.39, 0.29) is 23.4 Å². The molecule has 222 valence electrons. The van der Waals surface area contributed by atoms with Crippen LogP contribution in [-0.4, -0.2) is 45.8 Å². The number of benzene rings is 3. The lowest BCUT2D eigenvalue weighted by Crippen LogP contribution is -2.44. The fourth-order valence-corrected chi connectivity index (χ4v) is 5.69. The van der Waals surface area contributed by atoms with Crippen LogP contribution in [0.3, 0.4) is 0 Å². The Kier molecular flexibility index (Phi) is 8.61. The van der Waals surface area contributed by atoms with E-state index in [9.17, 15) is 14.4 Å². The monoisotopic (exact) mass is 585 g/mol. The van der Waals surface area contributed by atoms with Crippen LogP contribution in [0.25, 0.3) is 33.3 Å². The highest BCUT2D eigenvalue weighted by atomic mass is 16.2. The summed E-state index contributed by atoms with van der Waals surface area (Å²) >= 11 is 0. The average Bonchev–Trinajstić information content (AvgIpc) is 3.06. The Hall–Kier alpha value is -5.08. The van der Waals surface area contributed by atoms with E-state index < -0.39 is 0 Å².